The van der Waals surface area contributed by atoms with Crippen molar-refractivity contribution in [3.8, 4) is 0 Å². The highest BCUT2D eigenvalue weighted by Gasteiger charge is 2.37. The van der Waals surface area contributed by atoms with Crippen molar-refractivity contribution in [1.29, 1.82) is 0 Å². The summed E-state index contributed by atoms with van der Waals surface area (Å²) >= 11 is 0. The third-order valence-corrected chi connectivity index (χ3v) is 8.26. The number of hydrogen-bond donors (Lipinski definition) is 3. The molecule has 1 amide bonds. The van der Waals surface area contributed by atoms with Crippen LogP contribution in [0.2, 0.25) is 0 Å². The minimum atomic E-state index is -0.883. The Morgan fingerprint density at radius 1 is 1.05 bits per heavy atom. The first-order valence-corrected chi connectivity index (χ1v) is 14.1. The first kappa shape index (κ1) is 25.4. The number of nitrogens with one attached hydrogen (secondary N) is 3. The Bertz CT molecular complexity index is 1520. The highest BCUT2D eigenvalue weighted by atomic mass is 16.3. The van der Waals surface area contributed by atoms with E-state index < -0.39 is 5.54 Å². The van der Waals surface area contributed by atoms with Crippen molar-refractivity contribution in [2.45, 2.75) is 63.6 Å². The number of fused-ring (bicyclic) bond motifs is 2. The quantitative estimate of drug-likeness (QED) is 0.199. The van der Waals surface area contributed by atoms with Gasteiger partial charge in [0.2, 0.25) is 5.91 Å². The normalized spacial score (nSPS) is 16.7. The molecule has 2 aromatic carbocycles. The van der Waals surface area contributed by atoms with Crippen LogP contribution in [0.1, 0.15) is 62.1 Å². The molecule has 1 aliphatic rings. The summed E-state index contributed by atoms with van der Waals surface area (Å²) in [6.07, 6.45) is 10.2. The van der Waals surface area contributed by atoms with E-state index in [-0.39, 0.29) is 11.9 Å². The predicted octanol–water partition coefficient (Wildman–Crippen LogP) is 6.84. The van der Waals surface area contributed by atoms with Crippen LogP contribution >= 0.6 is 0 Å². The summed E-state index contributed by atoms with van der Waals surface area (Å²) in [5.41, 5.74) is 3.08. The fraction of sp³-hybridized carbons (Fsp3) is 0.333. The minimum Gasteiger partial charge on any atom is -0.460 e. The Morgan fingerprint density at radius 3 is 2.67 bits per heavy atom. The van der Waals surface area contributed by atoms with Crippen LogP contribution in [0.5, 0.6) is 0 Å². The number of benzene rings is 2. The lowest BCUT2D eigenvalue weighted by Crippen LogP contribution is -2.57. The second kappa shape index (κ2) is 11.1. The smallest absolute Gasteiger partial charge is 0.240 e. The van der Waals surface area contributed by atoms with E-state index >= 15 is 0 Å². The van der Waals surface area contributed by atoms with Gasteiger partial charge in [-0.15, -0.1) is 0 Å². The van der Waals surface area contributed by atoms with Crippen LogP contribution in [-0.2, 0) is 17.8 Å². The zero-order valence-corrected chi connectivity index (χ0v) is 22.5. The molecule has 2 atom stereocenters. The van der Waals surface area contributed by atoms with Crippen LogP contribution in [0.15, 0.2) is 89.6 Å². The van der Waals surface area contributed by atoms with Crippen LogP contribution in [0, 0.1) is 5.92 Å². The lowest BCUT2D eigenvalue weighted by Gasteiger charge is -2.35. The molecular weight excluding hydrogens is 484 g/mol. The third-order valence-electron chi connectivity index (χ3n) is 8.26. The maximum Gasteiger partial charge on any atom is 0.240 e. The molecule has 0 bridgehead atoms. The first-order chi connectivity index (χ1) is 19.1. The van der Waals surface area contributed by atoms with E-state index in [1.807, 2.05) is 80.0 Å². The molecule has 0 aliphatic heterocycles. The van der Waals surface area contributed by atoms with Crippen molar-refractivity contribution >= 4 is 27.8 Å². The number of furan rings is 1. The maximum absolute atomic E-state index is 14.3. The van der Waals surface area contributed by atoms with Crippen molar-refractivity contribution < 1.29 is 9.21 Å². The molecule has 200 valence electrons. The van der Waals surface area contributed by atoms with Gasteiger partial charge in [0.25, 0.3) is 0 Å². The number of H-pyrrole nitrogens is 1. The van der Waals surface area contributed by atoms with Gasteiger partial charge >= 0.3 is 0 Å². The van der Waals surface area contributed by atoms with Gasteiger partial charge in [-0.05, 0) is 61.6 Å². The molecule has 1 saturated carbocycles. The molecule has 3 aromatic heterocycles. The molecule has 39 heavy (non-hydrogen) atoms. The second-order valence-corrected chi connectivity index (χ2v) is 11.1. The Balaban J connectivity index is 1.30. The van der Waals surface area contributed by atoms with E-state index in [0.29, 0.717) is 18.9 Å². The lowest BCUT2D eigenvalue weighted by atomic mass is 9.81. The molecule has 0 radical (unpaired) electrons. The number of pyridine rings is 1. The fourth-order valence-electron chi connectivity index (χ4n) is 6.05. The average molecular weight is 521 g/mol. The van der Waals surface area contributed by atoms with Crippen LogP contribution in [0.25, 0.3) is 21.9 Å². The summed E-state index contributed by atoms with van der Waals surface area (Å²) in [6.45, 7) is 2.45. The standard InChI is InChI=1S/C33H36N4O2/c1-33(20-25-21-35-28-15-7-6-14-27(25)28,36-22-26-19-24-13-5-8-17-30(24)39-26)32(38)37-31(23-11-3-2-4-12-23)29-16-9-10-18-34-29/h5-10,13-19,21,23,31,35-36H,2-4,11-12,20,22H2,1H3,(H,37,38). The van der Waals surface area contributed by atoms with Crippen LogP contribution < -0.4 is 10.6 Å². The van der Waals surface area contributed by atoms with Gasteiger partial charge in [-0.2, -0.15) is 0 Å². The van der Waals surface area contributed by atoms with Crippen molar-refractivity contribution in [3.05, 3.63) is 102 Å². The summed E-state index contributed by atoms with van der Waals surface area (Å²) in [4.78, 5) is 22.3. The number of hydrogen-bond acceptors (Lipinski definition) is 4. The number of carbonyl (C=O) groups is 1. The number of carbonyl (C=O) groups excluding carboxylic acids is 1. The van der Waals surface area contributed by atoms with Crippen molar-refractivity contribution in [3.63, 3.8) is 0 Å². The van der Waals surface area contributed by atoms with E-state index in [4.69, 9.17) is 4.42 Å². The largest absolute Gasteiger partial charge is 0.460 e. The molecule has 1 fully saturated rings. The van der Waals surface area contributed by atoms with E-state index in [2.05, 4.69) is 32.7 Å². The minimum absolute atomic E-state index is 0.0230. The fourth-order valence-corrected chi connectivity index (χ4v) is 6.05. The maximum atomic E-state index is 14.3. The third kappa shape index (κ3) is 5.48. The zero-order valence-electron chi connectivity index (χ0n) is 22.5. The van der Waals surface area contributed by atoms with Crippen molar-refractivity contribution in [2.75, 3.05) is 0 Å². The van der Waals surface area contributed by atoms with E-state index in [1.54, 1.807) is 0 Å². The highest BCUT2D eigenvalue weighted by molar-refractivity contribution is 5.89. The Hall–Kier alpha value is -3.90. The van der Waals surface area contributed by atoms with Gasteiger partial charge in [-0.1, -0.05) is 61.7 Å². The van der Waals surface area contributed by atoms with Crippen LogP contribution in [0.4, 0.5) is 0 Å². The van der Waals surface area contributed by atoms with Gasteiger partial charge in [0.05, 0.1) is 23.8 Å². The summed E-state index contributed by atoms with van der Waals surface area (Å²) in [6, 6.07) is 24.1. The van der Waals surface area contributed by atoms with Crippen LogP contribution in [-0.4, -0.2) is 21.4 Å². The van der Waals surface area contributed by atoms with Gasteiger partial charge in [0.15, 0.2) is 0 Å². The number of para-hydroxylation sites is 2. The number of rotatable bonds is 9. The van der Waals surface area contributed by atoms with Gasteiger partial charge in [-0.25, -0.2) is 0 Å². The summed E-state index contributed by atoms with van der Waals surface area (Å²) in [7, 11) is 0. The van der Waals surface area contributed by atoms with E-state index in [9.17, 15) is 4.79 Å². The average Bonchev–Trinajstić information content (AvgIpc) is 3.59. The molecule has 2 unspecified atom stereocenters. The molecule has 6 nitrogen and oxygen atoms in total. The number of nitrogens with zero attached hydrogens (tertiary/aromatic N) is 1. The van der Waals surface area contributed by atoms with Gasteiger partial charge in [0, 0.05) is 35.1 Å². The Morgan fingerprint density at radius 2 is 1.85 bits per heavy atom. The molecule has 3 heterocycles. The Labute approximate surface area is 229 Å². The number of aromatic amines is 1. The monoisotopic (exact) mass is 520 g/mol. The predicted molar refractivity (Wildman–Crippen MR) is 155 cm³/mol. The number of aromatic nitrogens is 2. The summed E-state index contributed by atoms with van der Waals surface area (Å²) in [5, 5.41) is 9.25. The van der Waals surface area contributed by atoms with Crippen LogP contribution in [0.3, 0.4) is 0 Å². The molecule has 3 N–H and O–H groups in total. The Kier molecular flexibility index (Phi) is 7.20. The summed E-state index contributed by atoms with van der Waals surface area (Å²) in [5.74, 6) is 1.16. The topological polar surface area (TPSA) is 83.0 Å². The second-order valence-electron chi connectivity index (χ2n) is 11.1. The lowest BCUT2D eigenvalue weighted by molar-refractivity contribution is -0.128. The van der Waals surface area contributed by atoms with Crippen molar-refractivity contribution in [1.82, 2.24) is 20.6 Å². The molecule has 6 rings (SSSR count). The van der Waals surface area contributed by atoms with Gasteiger partial charge < -0.3 is 14.7 Å². The highest BCUT2D eigenvalue weighted by Crippen LogP contribution is 2.34. The van der Waals surface area contributed by atoms with E-state index in [1.165, 1.54) is 19.3 Å². The molecule has 5 aromatic rings. The zero-order chi connectivity index (χ0) is 26.7. The molecular formula is C33H36N4O2. The van der Waals surface area contributed by atoms with Gasteiger partial charge in [-0.3, -0.25) is 15.1 Å². The summed E-state index contributed by atoms with van der Waals surface area (Å²) < 4.78 is 6.08. The number of amides is 1. The SMILES string of the molecule is CC(Cc1c[nH]c2ccccc12)(NCc1cc2ccccc2o1)C(=O)NC(c1ccccn1)C1CCCCC1. The van der Waals surface area contributed by atoms with E-state index in [0.717, 1.165) is 51.7 Å². The first-order valence-electron chi connectivity index (χ1n) is 14.1. The van der Waals surface area contributed by atoms with Crippen molar-refractivity contribution in [2.24, 2.45) is 5.92 Å². The molecule has 0 spiro atoms. The molecule has 0 saturated heterocycles. The molecule has 6 heteroatoms. The van der Waals surface area contributed by atoms with Gasteiger partial charge in [0.1, 0.15) is 11.3 Å². The molecule has 1 aliphatic carbocycles.